The molecule has 0 radical (unpaired) electrons. The minimum Gasteiger partial charge on any atom is -0.336 e. The Kier molecular flexibility index (Phi) is 4.63. The lowest BCUT2D eigenvalue weighted by atomic mass is 10.1. The van der Waals surface area contributed by atoms with Crippen molar-refractivity contribution in [3.05, 3.63) is 17.5 Å². The predicted octanol–water partition coefficient (Wildman–Crippen LogP) is 2.02. The van der Waals surface area contributed by atoms with Crippen molar-refractivity contribution in [1.82, 2.24) is 14.7 Å². The van der Waals surface area contributed by atoms with Crippen LogP contribution in [0, 0.1) is 0 Å². The van der Waals surface area contributed by atoms with E-state index in [1.807, 2.05) is 31.5 Å². The van der Waals surface area contributed by atoms with Gasteiger partial charge in [-0.1, -0.05) is 13.8 Å². The molecule has 0 aliphatic carbocycles. The quantitative estimate of drug-likeness (QED) is 0.843. The smallest absolute Gasteiger partial charge is 0.274 e. The second-order valence-electron chi connectivity index (χ2n) is 7.66. The molecule has 1 aliphatic heterocycles. The van der Waals surface area contributed by atoms with Gasteiger partial charge in [-0.3, -0.25) is 9.48 Å². The third kappa shape index (κ3) is 3.76. The number of rotatable bonds is 3. The summed E-state index contributed by atoms with van der Waals surface area (Å²) in [7, 11) is -1.35. The summed E-state index contributed by atoms with van der Waals surface area (Å²) in [5.41, 5.74) is 1.18. The summed E-state index contributed by atoms with van der Waals surface area (Å²) in [5.74, 6) is 0.243. The van der Waals surface area contributed by atoms with Crippen LogP contribution in [-0.4, -0.2) is 53.6 Å². The Morgan fingerprint density at radius 1 is 1.39 bits per heavy atom. The number of carbonyl (C=O) groups is 1. The molecular weight excluding hydrogens is 314 g/mol. The third-order valence-corrected chi connectivity index (χ3v) is 6.01. The second-order valence-corrected chi connectivity index (χ2v) is 9.89. The number of aromatic nitrogens is 2. The SMILES string of the molecule is CC(C)c1cc(C(=O)N(C)C2CCS(=O)(=O)C2)nn1C(C)(C)C. The first kappa shape index (κ1) is 18.0. The normalized spacial score (nSPS) is 20.9. The van der Waals surface area contributed by atoms with Crippen LogP contribution in [0.3, 0.4) is 0 Å². The Balaban J connectivity index is 2.29. The molecule has 7 heteroatoms. The van der Waals surface area contributed by atoms with Crippen molar-refractivity contribution in [3.63, 3.8) is 0 Å². The maximum atomic E-state index is 12.7. The first-order valence-corrected chi connectivity index (χ1v) is 9.82. The lowest BCUT2D eigenvalue weighted by Gasteiger charge is -2.24. The molecule has 0 bridgehead atoms. The van der Waals surface area contributed by atoms with Gasteiger partial charge in [0.2, 0.25) is 0 Å². The molecular formula is C16H27N3O3S. The van der Waals surface area contributed by atoms with E-state index >= 15 is 0 Å². The van der Waals surface area contributed by atoms with E-state index in [0.29, 0.717) is 12.1 Å². The molecule has 6 nitrogen and oxygen atoms in total. The van der Waals surface area contributed by atoms with E-state index in [4.69, 9.17) is 0 Å². The Bertz CT molecular complexity index is 699. The van der Waals surface area contributed by atoms with E-state index in [9.17, 15) is 13.2 Å². The van der Waals surface area contributed by atoms with Crippen molar-refractivity contribution in [2.75, 3.05) is 18.6 Å². The molecule has 1 saturated heterocycles. The van der Waals surface area contributed by atoms with Crippen molar-refractivity contribution in [2.24, 2.45) is 0 Å². The molecule has 1 aliphatic rings. The molecule has 2 heterocycles. The first-order valence-electron chi connectivity index (χ1n) is 8.00. The molecule has 1 unspecified atom stereocenters. The van der Waals surface area contributed by atoms with Gasteiger partial charge in [-0.15, -0.1) is 0 Å². The molecule has 1 aromatic heterocycles. The fourth-order valence-electron chi connectivity index (χ4n) is 2.88. The van der Waals surface area contributed by atoms with E-state index < -0.39 is 9.84 Å². The van der Waals surface area contributed by atoms with Crippen molar-refractivity contribution in [2.45, 2.75) is 58.5 Å². The van der Waals surface area contributed by atoms with Crippen molar-refractivity contribution >= 4 is 15.7 Å². The van der Waals surface area contributed by atoms with E-state index in [0.717, 1.165) is 5.69 Å². The lowest BCUT2D eigenvalue weighted by molar-refractivity contribution is 0.0740. The van der Waals surface area contributed by atoms with Crippen LogP contribution in [0.1, 0.15) is 63.1 Å². The first-order chi connectivity index (χ1) is 10.4. The molecule has 0 N–H and O–H groups in total. The zero-order valence-electron chi connectivity index (χ0n) is 14.8. The van der Waals surface area contributed by atoms with Crippen molar-refractivity contribution < 1.29 is 13.2 Å². The largest absolute Gasteiger partial charge is 0.336 e. The Morgan fingerprint density at radius 3 is 2.39 bits per heavy atom. The van der Waals surface area contributed by atoms with Crippen LogP contribution in [0.25, 0.3) is 0 Å². The number of sulfone groups is 1. The zero-order chi connectivity index (χ0) is 17.6. The summed E-state index contributed by atoms with van der Waals surface area (Å²) in [6.07, 6.45) is 0.502. The topological polar surface area (TPSA) is 72.3 Å². The highest BCUT2D eigenvalue weighted by atomic mass is 32.2. The monoisotopic (exact) mass is 341 g/mol. The highest BCUT2D eigenvalue weighted by Crippen LogP contribution is 2.25. The molecule has 0 spiro atoms. The van der Waals surface area contributed by atoms with Gasteiger partial charge in [-0.05, 0) is 39.2 Å². The van der Waals surface area contributed by atoms with Gasteiger partial charge in [0.05, 0.1) is 17.0 Å². The average molecular weight is 341 g/mol. The standard InChI is InChI=1S/C16H27N3O3S/c1-11(2)14-9-13(17-19(14)16(3,4)5)15(20)18(6)12-7-8-23(21,22)10-12/h9,11-12H,7-8,10H2,1-6H3. The van der Waals surface area contributed by atoms with Crippen LogP contribution >= 0.6 is 0 Å². The Labute approximate surface area is 138 Å². The van der Waals surface area contributed by atoms with Gasteiger partial charge >= 0.3 is 0 Å². The molecule has 1 fully saturated rings. The second kappa shape index (κ2) is 5.92. The summed E-state index contributed by atoms with van der Waals surface area (Å²) in [6, 6.07) is 1.58. The number of hydrogen-bond donors (Lipinski definition) is 0. The predicted molar refractivity (Wildman–Crippen MR) is 90.5 cm³/mol. The van der Waals surface area contributed by atoms with Gasteiger partial charge in [0.1, 0.15) is 0 Å². The summed E-state index contributed by atoms with van der Waals surface area (Å²) in [5, 5.41) is 4.51. The maximum Gasteiger partial charge on any atom is 0.274 e. The Morgan fingerprint density at radius 2 is 2.00 bits per heavy atom. The summed E-state index contributed by atoms with van der Waals surface area (Å²) in [6.45, 7) is 10.3. The minimum atomic E-state index is -3.02. The van der Waals surface area contributed by atoms with Crippen LogP contribution in [0.5, 0.6) is 0 Å². The molecule has 2 rings (SSSR count). The van der Waals surface area contributed by atoms with Gasteiger partial charge in [-0.25, -0.2) is 8.42 Å². The molecule has 130 valence electrons. The summed E-state index contributed by atoms with van der Waals surface area (Å²) < 4.78 is 25.1. The van der Waals surface area contributed by atoms with Gasteiger partial charge in [0, 0.05) is 18.8 Å². The third-order valence-electron chi connectivity index (χ3n) is 4.26. The highest BCUT2D eigenvalue weighted by molar-refractivity contribution is 7.91. The lowest BCUT2D eigenvalue weighted by Crippen LogP contribution is -2.38. The average Bonchev–Trinajstić information content (AvgIpc) is 3.00. The highest BCUT2D eigenvalue weighted by Gasteiger charge is 2.34. The number of carbonyl (C=O) groups excluding carboxylic acids is 1. The van der Waals surface area contributed by atoms with E-state index in [1.54, 1.807) is 7.05 Å². The van der Waals surface area contributed by atoms with Crippen LogP contribution in [-0.2, 0) is 15.4 Å². The number of hydrogen-bond acceptors (Lipinski definition) is 4. The van der Waals surface area contributed by atoms with Gasteiger partial charge in [0.15, 0.2) is 15.5 Å². The minimum absolute atomic E-state index is 0.0479. The molecule has 0 saturated carbocycles. The van der Waals surface area contributed by atoms with Crippen molar-refractivity contribution in [1.29, 1.82) is 0 Å². The molecule has 0 aromatic carbocycles. The summed E-state index contributed by atoms with van der Waals surface area (Å²) in [4.78, 5) is 14.2. The van der Waals surface area contributed by atoms with Crippen LogP contribution in [0.2, 0.25) is 0 Å². The zero-order valence-corrected chi connectivity index (χ0v) is 15.6. The van der Waals surface area contributed by atoms with Crippen LogP contribution in [0.4, 0.5) is 0 Å². The van der Waals surface area contributed by atoms with Gasteiger partial charge in [-0.2, -0.15) is 5.10 Å². The van der Waals surface area contributed by atoms with Crippen LogP contribution < -0.4 is 0 Å². The fourth-order valence-corrected chi connectivity index (χ4v) is 4.65. The Hall–Kier alpha value is -1.37. The van der Waals surface area contributed by atoms with Gasteiger partial charge < -0.3 is 4.90 Å². The van der Waals surface area contributed by atoms with Gasteiger partial charge in [0.25, 0.3) is 5.91 Å². The molecule has 1 amide bonds. The van der Waals surface area contributed by atoms with Crippen molar-refractivity contribution in [3.8, 4) is 0 Å². The molecule has 23 heavy (non-hydrogen) atoms. The van der Waals surface area contributed by atoms with Crippen LogP contribution in [0.15, 0.2) is 6.07 Å². The van der Waals surface area contributed by atoms with E-state index in [1.165, 1.54) is 4.90 Å². The number of nitrogens with zero attached hydrogens (tertiary/aromatic N) is 3. The fraction of sp³-hybridized carbons (Fsp3) is 0.750. The number of amides is 1. The molecule has 1 atom stereocenters. The van der Waals surface area contributed by atoms with E-state index in [-0.39, 0.29) is 34.9 Å². The molecule has 1 aromatic rings. The van der Waals surface area contributed by atoms with E-state index in [2.05, 4.69) is 18.9 Å². The maximum absolute atomic E-state index is 12.7. The summed E-state index contributed by atoms with van der Waals surface area (Å²) >= 11 is 0.